The molecule has 2 saturated carbocycles. The first-order valence-corrected chi connectivity index (χ1v) is 5.48. The van der Waals surface area contributed by atoms with Crippen molar-refractivity contribution < 1.29 is 19.8 Å². The minimum Gasteiger partial charge on any atom is -0.481 e. The molecule has 2 rings (SSSR count). The summed E-state index contributed by atoms with van der Waals surface area (Å²) < 4.78 is 0. The summed E-state index contributed by atoms with van der Waals surface area (Å²) in [5, 5.41) is 16.6. The van der Waals surface area contributed by atoms with Crippen LogP contribution in [0, 0.1) is 17.8 Å². The molecule has 2 aliphatic rings. The van der Waals surface area contributed by atoms with Crippen molar-refractivity contribution >= 4 is 11.9 Å². The third kappa shape index (κ3) is 3.90. The van der Waals surface area contributed by atoms with Gasteiger partial charge in [0.05, 0.1) is 11.8 Å². The summed E-state index contributed by atoms with van der Waals surface area (Å²) in [4.78, 5) is 20.2. The third-order valence-corrected chi connectivity index (χ3v) is 3.13. The van der Waals surface area contributed by atoms with E-state index in [1.54, 1.807) is 0 Å². The minimum absolute atomic E-state index is 0.0139. The van der Waals surface area contributed by atoms with Crippen LogP contribution in [0.2, 0.25) is 0 Å². The first-order chi connectivity index (χ1) is 7.02. The highest BCUT2D eigenvalue weighted by molar-refractivity contribution is 5.73. The number of hydrogen-bond acceptors (Lipinski definition) is 2. The lowest BCUT2D eigenvalue weighted by Gasteiger charge is -1.97. The molecule has 0 aromatic carbocycles. The van der Waals surface area contributed by atoms with Crippen LogP contribution in [0.5, 0.6) is 0 Å². The van der Waals surface area contributed by atoms with E-state index in [1.165, 1.54) is 0 Å². The van der Waals surface area contributed by atoms with E-state index in [0.29, 0.717) is 5.92 Å². The van der Waals surface area contributed by atoms with Gasteiger partial charge < -0.3 is 10.2 Å². The predicted octanol–water partition coefficient (Wildman–Crippen LogP) is 1.99. The number of aliphatic carboxylic acids is 2. The van der Waals surface area contributed by atoms with Gasteiger partial charge in [0.1, 0.15) is 0 Å². The van der Waals surface area contributed by atoms with E-state index in [4.69, 9.17) is 10.2 Å². The first-order valence-electron chi connectivity index (χ1n) is 5.48. The van der Waals surface area contributed by atoms with Gasteiger partial charge in [-0.2, -0.15) is 0 Å². The normalized spacial score (nSPS) is 29.1. The molecule has 0 radical (unpaired) electrons. The highest BCUT2D eigenvalue weighted by atomic mass is 16.4. The minimum atomic E-state index is -0.632. The first kappa shape index (κ1) is 12.0. The molecule has 2 fully saturated rings. The molecule has 0 spiro atoms. The number of rotatable bonds is 2. The average Bonchev–Trinajstić information content (AvgIpc) is 2.70. The Hall–Kier alpha value is -1.06. The molecule has 0 amide bonds. The second kappa shape index (κ2) is 5.14. The molecular formula is C11H18O4. The second-order valence-electron chi connectivity index (χ2n) is 4.48. The molecule has 2 N–H and O–H groups in total. The standard InChI is InChI=1S/C6H10O2.C5H8O2/c7-6(8)5-3-1-2-4-5;1-3-2-4(3)5(6)7/h5H,1-4H2,(H,7,8);3-4H,2H2,1H3,(H,6,7). The van der Waals surface area contributed by atoms with E-state index < -0.39 is 11.9 Å². The van der Waals surface area contributed by atoms with Crippen LogP contribution in [-0.2, 0) is 9.59 Å². The Bertz CT molecular complexity index is 243. The summed E-state index contributed by atoms with van der Waals surface area (Å²) in [6.07, 6.45) is 4.90. The van der Waals surface area contributed by atoms with Crippen molar-refractivity contribution in [2.45, 2.75) is 39.0 Å². The van der Waals surface area contributed by atoms with Crippen LogP contribution in [0.25, 0.3) is 0 Å². The molecule has 0 aromatic rings. The van der Waals surface area contributed by atoms with Crippen LogP contribution >= 0.6 is 0 Å². The van der Waals surface area contributed by atoms with Gasteiger partial charge in [-0.15, -0.1) is 0 Å². The maximum absolute atomic E-state index is 10.2. The molecule has 4 heteroatoms. The maximum atomic E-state index is 10.2. The van der Waals surface area contributed by atoms with Gasteiger partial charge >= 0.3 is 11.9 Å². The van der Waals surface area contributed by atoms with E-state index in [-0.39, 0.29) is 11.8 Å². The summed E-state index contributed by atoms with van der Waals surface area (Å²) >= 11 is 0. The molecule has 2 unspecified atom stereocenters. The molecule has 15 heavy (non-hydrogen) atoms. The van der Waals surface area contributed by atoms with Gasteiger partial charge in [-0.1, -0.05) is 19.8 Å². The molecular weight excluding hydrogens is 196 g/mol. The van der Waals surface area contributed by atoms with Gasteiger partial charge in [0, 0.05) is 0 Å². The van der Waals surface area contributed by atoms with Gasteiger partial charge in [-0.25, -0.2) is 0 Å². The maximum Gasteiger partial charge on any atom is 0.306 e. The SMILES string of the molecule is CC1CC1C(=O)O.O=C(O)C1CCCC1. The van der Waals surface area contributed by atoms with Crippen molar-refractivity contribution in [3.05, 3.63) is 0 Å². The fraction of sp³-hybridized carbons (Fsp3) is 0.818. The van der Waals surface area contributed by atoms with Gasteiger partial charge in [-0.05, 0) is 25.2 Å². The molecule has 0 heterocycles. The fourth-order valence-corrected chi connectivity index (χ4v) is 1.84. The largest absolute Gasteiger partial charge is 0.481 e. The van der Waals surface area contributed by atoms with Crippen LogP contribution in [0.3, 0.4) is 0 Å². The zero-order valence-corrected chi connectivity index (χ0v) is 8.98. The molecule has 0 saturated heterocycles. The quantitative estimate of drug-likeness (QED) is 0.737. The Balaban J connectivity index is 0.000000151. The topological polar surface area (TPSA) is 74.6 Å². The third-order valence-electron chi connectivity index (χ3n) is 3.13. The van der Waals surface area contributed by atoms with Crippen molar-refractivity contribution in [3.8, 4) is 0 Å². The van der Waals surface area contributed by atoms with Crippen molar-refractivity contribution in [2.24, 2.45) is 17.8 Å². The van der Waals surface area contributed by atoms with Gasteiger partial charge in [0.25, 0.3) is 0 Å². The number of carboxylic acids is 2. The van der Waals surface area contributed by atoms with E-state index >= 15 is 0 Å². The zero-order valence-electron chi connectivity index (χ0n) is 8.98. The molecule has 0 bridgehead atoms. The second-order valence-corrected chi connectivity index (χ2v) is 4.48. The Kier molecular flexibility index (Phi) is 4.12. The van der Waals surface area contributed by atoms with E-state index in [9.17, 15) is 9.59 Å². The summed E-state index contributed by atoms with van der Waals surface area (Å²) in [7, 11) is 0. The number of carbonyl (C=O) groups is 2. The van der Waals surface area contributed by atoms with Crippen LogP contribution < -0.4 is 0 Å². The van der Waals surface area contributed by atoms with Crippen molar-refractivity contribution in [2.75, 3.05) is 0 Å². The molecule has 2 atom stereocenters. The van der Waals surface area contributed by atoms with Crippen molar-refractivity contribution in [1.82, 2.24) is 0 Å². The van der Waals surface area contributed by atoms with Crippen molar-refractivity contribution in [1.29, 1.82) is 0 Å². The summed E-state index contributed by atoms with van der Waals surface area (Å²) in [5.74, 6) is -0.831. The molecule has 2 aliphatic carbocycles. The molecule has 0 aliphatic heterocycles. The summed E-state index contributed by atoms with van der Waals surface area (Å²) in [5.41, 5.74) is 0. The fourth-order valence-electron chi connectivity index (χ4n) is 1.84. The summed E-state index contributed by atoms with van der Waals surface area (Å²) in [6.45, 7) is 1.96. The van der Waals surface area contributed by atoms with Crippen LogP contribution in [0.15, 0.2) is 0 Å². The van der Waals surface area contributed by atoms with Crippen LogP contribution in [-0.4, -0.2) is 22.2 Å². The number of hydrogen-bond donors (Lipinski definition) is 2. The Labute approximate surface area is 89.3 Å². The van der Waals surface area contributed by atoms with Gasteiger partial charge in [0.2, 0.25) is 0 Å². The smallest absolute Gasteiger partial charge is 0.306 e. The van der Waals surface area contributed by atoms with Gasteiger partial charge in [-0.3, -0.25) is 9.59 Å². The van der Waals surface area contributed by atoms with Gasteiger partial charge in [0.15, 0.2) is 0 Å². The lowest BCUT2D eigenvalue weighted by molar-refractivity contribution is -0.141. The highest BCUT2D eigenvalue weighted by Crippen LogP contribution is 2.37. The van der Waals surface area contributed by atoms with Crippen LogP contribution in [0.4, 0.5) is 0 Å². The van der Waals surface area contributed by atoms with E-state index in [1.807, 2.05) is 6.92 Å². The Morgan fingerprint density at radius 3 is 1.67 bits per heavy atom. The molecule has 4 nitrogen and oxygen atoms in total. The van der Waals surface area contributed by atoms with E-state index in [2.05, 4.69) is 0 Å². The average molecular weight is 214 g/mol. The highest BCUT2D eigenvalue weighted by Gasteiger charge is 2.38. The van der Waals surface area contributed by atoms with Crippen molar-refractivity contribution in [3.63, 3.8) is 0 Å². The Morgan fingerprint density at radius 2 is 1.53 bits per heavy atom. The molecule has 0 aromatic heterocycles. The zero-order chi connectivity index (χ0) is 11.4. The Morgan fingerprint density at radius 1 is 1.07 bits per heavy atom. The van der Waals surface area contributed by atoms with Crippen LogP contribution in [0.1, 0.15) is 39.0 Å². The predicted molar refractivity (Wildman–Crippen MR) is 54.5 cm³/mol. The number of carboxylic acid groups (broad SMARTS) is 2. The monoisotopic (exact) mass is 214 g/mol. The molecule has 86 valence electrons. The lowest BCUT2D eigenvalue weighted by atomic mass is 10.1. The lowest BCUT2D eigenvalue weighted by Crippen LogP contribution is -2.07. The van der Waals surface area contributed by atoms with E-state index in [0.717, 1.165) is 32.1 Å². The summed E-state index contributed by atoms with van der Waals surface area (Å²) in [6, 6.07) is 0.